The molecule has 4 aromatic rings. The van der Waals surface area contributed by atoms with Gasteiger partial charge in [-0.2, -0.15) is 5.10 Å². The maximum absolute atomic E-state index is 14.4. The summed E-state index contributed by atoms with van der Waals surface area (Å²) in [4.78, 5) is 35.0. The minimum absolute atomic E-state index is 0.000381. The summed E-state index contributed by atoms with van der Waals surface area (Å²) in [5.41, 5.74) is 3.92. The highest BCUT2D eigenvalue weighted by molar-refractivity contribution is 5.96. The van der Waals surface area contributed by atoms with E-state index in [1.165, 1.54) is 0 Å². The number of aryl methyl sites for hydroxylation is 2. The monoisotopic (exact) mass is 683 g/mol. The molecule has 0 radical (unpaired) electrons. The lowest BCUT2D eigenvalue weighted by Crippen LogP contribution is -2.48. The number of piperazine rings is 1. The molecule has 11 nitrogen and oxygen atoms in total. The summed E-state index contributed by atoms with van der Waals surface area (Å²) in [6.07, 6.45) is 3.71. The number of carbonyl (C=O) groups excluding carboxylic acids is 2. The largest absolute Gasteiger partial charge is 0.508 e. The molecule has 2 amide bonds. The molecule has 3 N–H and O–H groups in total. The van der Waals surface area contributed by atoms with Crippen LogP contribution in [0, 0.1) is 12.7 Å². The molecule has 0 bridgehead atoms. The Kier molecular flexibility index (Phi) is 10.8. The van der Waals surface area contributed by atoms with Gasteiger partial charge in [-0.05, 0) is 94.0 Å². The number of aromatic hydroxyl groups is 1. The first kappa shape index (κ1) is 35.0. The molecule has 1 aliphatic carbocycles. The number of pyridine rings is 1. The van der Waals surface area contributed by atoms with E-state index in [0.717, 1.165) is 60.8 Å². The van der Waals surface area contributed by atoms with Gasteiger partial charge in [0.1, 0.15) is 28.6 Å². The molecule has 50 heavy (non-hydrogen) atoms. The lowest BCUT2D eigenvalue weighted by Gasteiger charge is -2.37. The van der Waals surface area contributed by atoms with E-state index in [0.29, 0.717) is 49.7 Å². The number of amides is 2. The van der Waals surface area contributed by atoms with Crippen LogP contribution in [0.25, 0.3) is 11.1 Å². The van der Waals surface area contributed by atoms with Crippen LogP contribution in [0.2, 0.25) is 0 Å². The van der Waals surface area contributed by atoms with Crippen LogP contribution in [0.3, 0.4) is 0 Å². The van der Waals surface area contributed by atoms with Crippen molar-refractivity contribution < 1.29 is 23.8 Å². The lowest BCUT2D eigenvalue weighted by atomic mass is 9.91. The molecule has 0 spiro atoms. The molecule has 2 aromatic carbocycles. The second kappa shape index (κ2) is 15.4. The molecule has 1 saturated carbocycles. The Labute approximate surface area is 292 Å². The van der Waals surface area contributed by atoms with Crippen molar-refractivity contribution >= 4 is 11.8 Å². The van der Waals surface area contributed by atoms with Crippen molar-refractivity contribution in [3.05, 3.63) is 89.1 Å². The molecule has 1 aliphatic heterocycles. The van der Waals surface area contributed by atoms with Crippen molar-refractivity contribution in [1.82, 2.24) is 35.2 Å². The number of benzene rings is 2. The second-order valence-corrected chi connectivity index (χ2v) is 13.7. The van der Waals surface area contributed by atoms with Gasteiger partial charge in [0.2, 0.25) is 5.88 Å². The summed E-state index contributed by atoms with van der Waals surface area (Å²) in [6.45, 7) is 10.9. The third-order valence-electron chi connectivity index (χ3n) is 9.80. The van der Waals surface area contributed by atoms with Gasteiger partial charge in [-0.1, -0.05) is 18.2 Å². The molecule has 3 heterocycles. The predicted molar refractivity (Wildman–Crippen MR) is 189 cm³/mol. The van der Waals surface area contributed by atoms with Crippen molar-refractivity contribution in [3.63, 3.8) is 0 Å². The zero-order valence-corrected chi connectivity index (χ0v) is 29.2. The molecule has 264 valence electrons. The molecule has 6 rings (SSSR count). The van der Waals surface area contributed by atoms with E-state index in [1.54, 1.807) is 29.9 Å². The summed E-state index contributed by atoms with van der Waals surface area (Å²) in [5, 5.41) is 21.0. The Morgan fingerprint density at radius 1 is 0.940 bits per heavy atom. The number of nitrogens with zero attached hydrogens (tertiary/aromatic N) is 5. The number of phenols is 1. The van der Waals surface area contributed by atoms with Gasteiger partial charge in [0, 0.05) is 69.2 Å². The summed E-state index contributed by atoms with van der Waals surface area (Å²) >= 11 is 0. The molecular formula is C38H46FN7O4. The Balaban J connectivity index is 1.08. The Morgan fingerprint density at radius 2 is 1.62 bits per heavy atom. The van der Waals surface area contributed by atoms with Gasteiger partial charge in [0.15, 0.2) is 0 Å². The molecule has 0 unspecified atom stereocenters. The highest BCUT2D eigenvalue weighted by Crippen LogP contribution is 2.32. The van der Waals surface area contributed by atoms with Crippen LogP contribution in [0.5, 0.6) is 17.4 Å². The lowest BCUT2D eigenvalue weighted by molar-refractivity contribution is 0.0887. The van der Waals surface area contributed by atoms with Crippen LogP contribution in [0.1, 0.15) is 71.6 Å². The number of ether oxygens (including phenoxy) is 1. The summed E-state index contributed by atoms with van der Waals surface area (Å²) in [6, 6.07) is 16.2. The molecule has 1 saturated heterocycles. The Morgan fingerprint density at radius 3 is 2.28 bits per heavy atom. The van der Waals surface area contributed by atoms with E-state index < -0.39 is 11.7 Å². The van der Waals surface area contributed by atoms with Crippen LogP contribution in [-0.2, 0) is 13.6 Å². The number of phenolic OH excluding ortho intramolecular Hbond substituents is 1. The number of hydrogen-bond acceptors (Lipinski definition) is 8. The van der Waals surface area contributed by atoms with Gasteiger partial charge in [-0.25, -0.2) is 9.37 Å². The summed E-state index contributed by atoms with van der Waals surface area (Å²) in [5.74, 6) is -0.628. The van der Waals surface area contributed by atoms with Crippen molar-refractivity contribution in [3.8, 4) is 28.5 Å². The van der Waals surface area contributed by atoms with Crippen molar-refractivity contribution in [2.75, 3.05) is 26.2 Å². The van der Waals surface area contributed by atoms with Crippen molar-refractivity contribution in [1.29, 1.82) is 0 Å². The number of nitrogens with one attached hydrogen (secondary N) is 2. The van der Waals surface area contributed by atoms with Gasteiger partial charge in [-0.3, -0.25) is 24.1 Å². The molecule has 0 atom stereocenters. The zero-order valence-electron chi connectivity index (χ0n) is 29.2. The smallest absolute Gasteiger partial charge is 0.272 e. The minimum Gasteiger partial charge on any atom is -0.508 e. The van der Waals surface area contributed by atoms with Gasteiger partial charge >= 0.3 is 0 Å². The maximum atomic E-state index is 14.4. The van der Waals surface area contributed by atoms with E-state index in [2.05, 4.69) is 44.4 Å². The third-order valence-corrected chi connectivity index (χ3v) is 9.80. The number of hydrogen-bond donors (Lipinski definition) is 3. The normalized spacial score (nSPS) is 18.6. The Bertz CT molecular complexity index is 1810. The highest BCUT2D eigenvalue weighted by Gasteiger charge is 2.27. The average molecular weight is 684 g/mol. The summed E-state index contributed by atoms with van der Waals surface area (Å²) < 4.78 is 22.1. The van der Waals surface area contributed by atoms with E-state index >= 15 is 0 Å². The highest BCUT2D eigenvalue weighted by atomic mass is 19.1. The van der Waals surface area contributed by atoms with E-state index in [-0.39, 0.29) is 35.2 Å². The minimum atomic E-state index is -0.644. The number of aromatic nitrogens is 3. The fraction of sp³-hybridized carbons (Fsp3) is 0.421. The quantitative estimate of drug-likeness (QED) is 0.202. The first-order valence-corrected chi connectivity index (χ1v) is 17.4. The molecule has 12 heteroatoms. The molecule has 2 fully saturated rings. The predicted octanol–water partition coefficient (Wildman–Crippen LogP) is 5.42. The number of rotatable bonds is 10. The average Bonchev–Trinajstić information content (AvgIpc) is 3.45. The first-order valence-electron chi connectivity index (χ1n) is 17.4. The van der Waals surface area contributed by atoms with Crippen LogP contribution in [-0.4, -0.2) is 85.8 Å². The SMILES string of the molecule is Cc1cc(C(=O)N[C@H]2CC[C@@H](NC(=O)c3cc(F)cnc3Oc3cccc(-c4ccc(O)c(CN5CCN(C(C)C)CC5)c4)c3)CC2)nn1C. The van der Waals surface area contributed by atoms with E-state index in [4.69, 9.17) is 4.74 Å². The number of halogens is 1. The standard InChI is InChI=1S/C38H46FN7O4/c1-24(2)46-16-14-45(15-17-46)23-28-19-27(8-13-35(28)47)26-6-5-7-32(20-26)50-38-33(21-29(39)22-40-38)36(48)41-30-9-11-31(12-10-30)42-37(49)34-18-25(3)44(4)43-34/h5-8,13,18-22,24,30-31,47H,9-12,14-17,23H2,1-4H3,(H,41,48)(H,42,49)/t30-,31+. The molecule has 2 aromatic heterocycles. The van der Waals surface area contributed by atoms with Gasteiger partial charge in [0.05, 0.1) is 6.20 Å². The second-order valence-electron chi connectivity index (χ2n) is 13.7. The van der Waals surface area contributed by atoms with Gasteiger partial charge in [-0.15, -0.1) is 0 Å². The van der Waals surface area contributed by atoms with E-state index in [9.17, 15) is 19.1 Å². The zero-order chi connectivity index (χ0) is 35.4. The van der Waals surface area contributed by atoms with Crippen LogP contribution >= 0.6 is 0 Å². The topological polar surface area (TPSA) is 125 Å². The Hall–Kier alpha value is -4.81. The third kappa shape index (κ3) is 8.48. The molecule has 2 aliphatic rings. The van der Waals surface area contributed by atoms with E-state index in [1.807, 2.05) is 37.3 Å². The van der Waals surface area contributed by atoms with Crippen LogP contribution in [0.15, 0.2) is 60.8 Å². The summed E-state index contributed by atoms with van der Waals surface area (Å²) in [7, 11) is 1.80. The maximum Gasteiger partial charge on any atom is 0.272 e. The van der Waals surface area contributed by atoms with Crippen LogP contribution < -0.4 is 15.4 Å². The molecular weight excluding hydrogens is 637 g/mol. The fourth-order valence-corrected chi connectivity index (χ4v) is 6.67. The van der Waals surface area contributed by atoms with Crippen molar-refractivity contribution in [2.45, 2.75) is 71.1 Å². The van der Waals surface area contributed by atoms with Gasteiger partial charge in [0.25, 0.3) is 11.8 Å². The first-order chi connectivity index (χ1) is 24.0. The fourth-order valence-electron chi connectivity index (χ4n) is 6.67. The van der Waals surface area contributed by atoms with Crippen LogP contribution in [0.4, 0.5) is 4.39 Å². The number of carbonyl (C=O) groups is 2. The van der Waals surface area contributed by atoms with Gasteiger partial charge < -0.3 is 20.5 Å². The van der Waals surface area contributed by atoms with Crippen molar-refractivity contribution in [2.24, 2.45) is 7.05 Å².